The molecule has 2 saturated heterocycles. The number of carbonyl (C=O) groups is 2. The number of nitrogens with one attached hydrogen (secondary N) is 1. The van der Waals surface area contributed by atoms with Crippen LogP contribution < -0.4 is 25.9 Å². The number of carboxylic acid groups (broad SMARTS) is 1. The van der Waals surface area contributed by atoms with E-state index in [9.17, 15) is 14.7 Å². The number of aromatic carboxylic acids is 1. The highest BCUT2D eigenvalue weighted by Gasteiger charge is 2.45. The van der Waals surface area contributed by atoms with E-state index in [1.54, 1.807) is 66.8 Å². The number of amides is 1. The Labute approximate surface area is 334 Å². The Morgan fingerprint density at radius 2 is 1.58 bits per heavy atom. The molecular formula is C43H44ClF3N3O6P. The molecule has 0 bridgehead atoms. The van der Waals surface area contributed by atoms with E-state index in [-0.39, 0.29) is 47.1 Å². The Hall–Kier alpha value is -4.48. The van der Waals surface area contributed by atoms with Gasteiger partial charge in [-0.1, -0.05) is 49.2 Å². The molecular weight excluding hydrogens is 778 g/mol. The maximum Gasteiger partial charge on any atom is 0.257 e. The van der Waals surface area contributed by atoms with Gasteiger partial charge in [-0.25, -0.2) is 17.7 Å². The van der Waals surface area contributed by atoms with Gasteiger partial charge in [0.1, 0.15) is 24.5 Å². The highest BCUT2D eigenvalue weighted by molar-refractivity contribution is 7.83. The van der Waals surface area contributed by atoms with Crippen molar-refractivity contribution < 1.29 is 46.5 Å². The van der Waals surface area contributed by atoms with Crippen LogP contribution in [0.4, 0.5) is 18.9 Å². The van der Waals surface area contributed by atoms with Gasteiger partial charge in [0.05, 0.1) is 32.2 Å². The van der Waals surface area contributed by atoms with Crippen molar-refractivity contribution in [2.24, 2.45) is 0 Å². The smallest absolute Gasteiger partial charge is 0.257 e. The summed E-state index contributed by atoms with van der Waals surface area (Å²) >= 11 is 5.69. The van der Waals surface area contributed by atoms with Crippen molar-refractivity contribution in [3.05, 3.63) is 117 Å². The SMILES string of the molecule is O=C(NCCOCCOCCCCCCCl)c1c(F)c(F)c(C(=O)[O-])c(C2=C3C=CC(=[N+]4CCC4)C=C3P(=O)(c3ccccc3)c3cc(N4CCC4)ccc32)c1F. The number of anilines is 1. The van der Waals surface area contributed by atoms with Crippen LogP contribution in [0.5, 0.6) is 0 Å². The van der Waals surface area contributed by atoms with Gasteiger partial charge < -0.3 is 34.2 Å². The number of allylic oxidation sites excluding steroid dienone is 5. The number of rotatable bonds is 17. The molecule has 0 aromatic heterocycles. The summed E-state index contributed by atoms with van der Waals surface area (Å²) in [6.07, 6.45) is 10.9. The summed E-state index contributed by atoms with van der Waals surface area (Å²) in [7, 11) is -3.79. The van der Waals surface area contributed by atoms with Crippen LogP contribution in [0.15, 0.2) is 77.6 Å². The lowest BCUT2D eigenvalue weighted by atomic mass is 9.85. The maximum absolute atomic E-state index is 17.1. The van der Waals surface area contributed by atoms with Gasteiger partial charge in [0, 0.05) is 82.6 Å². The third-order valence-corrected chi connectivity index (χ3v) is 14.2. The minimum Gasteiger partial charge on any atom is -0.545 e. The summed E-state index contributed by atoms with van der Waals surface area (Å²) in [6, 6.07) is 14.0. The molecule has 7 rings (SSSR count). The van der Waals surface area contributed by atoms with E-state index in [0.717, 1.165) is 76.1 Å². The Kier molecular flexibility index (Phi) is 12.8. The lowest BCUT2D eigenvalue weighted by molar-refractivity contribution is -0.582. The number of unbranched alkanes of at least 4 members (excludes halogenated alkanes) is 3. The van der Waals surface area contributed by atoms with Gasteiger partial charge in [-0.15, -0.1) is 11.6 Å². The van der Waals surface area contributed by atoms with Gasteiger partial charge in [0.15, 0.2) is 18.8 Å². The molecule has 2 fully saturated rings. The van der Waals surface area contributed by atoms with Crippen LogP contribution in [0, 0.1) is 17.5 Å². The lowest BCUT2D eigenvalue weighted by Gasteiger charge is -2.37. The number of ether oxygens (including phenoxy) is 2. The summed E-state index contributed by atoms with van der Waals surface area (Å²) in [4.78, 5) is 28.3. The monoisotopic (exact) mass is 821 g/mol. The van der Waals surface area contributed by atoms with Gasteiger partial charge in [-0.3, -0.25) is 4.79 Å². The molecule has 1 N–H and O–H groups in total. The summed E-state index contributed by atoms with van der Waals surface area (Å²) in [6.45, 7) is 3.92. The standard InChI is InChI=1S/C43H44ClF3N3O6P/c44-16-6-1-2-7-22-55-24-25-56-23-17-48-42(51)38-39(45)36(37(43(52)53)40(46)41(38)47)35-31-14-12-28(49-18-8-19-49)26-33(31)57(54,30-10-4-3-5-11-30)34-27-29(13-15-32(34)35)50-20-9-21-50/h3-5,10-15,26-27H,1-2,6-9,16-25H2,(H-,48,51,52,53). The fourth-order valence-electron chi connectivity index (χ4n) is 7.57. The minimum absolute atomic E-state index is 0.0356. The third kappa shape index (κ3) is 8.02. The molecule has 300 valence electrons. The maximum atomic E-state index is 17.1. The van der Waals surface area contributed by atoms with Crippen molar-refractivity contribution in [2.75, 3.05) is 69.9 Å². The van der Waals surface area contributed by atoms with Crippen LogP contribution in [0.25, 0.3) is 5.57 Å². The molecule has 0 radical (unpaired) electrons. The molecule has 1 unspecified atom stereocenters. The second-order valence-corrected chi connectivity index (χ2v) is 17.4. The van der Waals surface area contributed by atoms with Crippen LogP contribution in [-0.4, -0.2) is 87.2 Å². The third-order valence-electron chi connectivity index (χ3n) is 10.8. The number of nitrogens with zero attached hydrogens (tertiary/aromatic N) is 2. The van der Waals surface area contributed by atoms with Crippen molar-refractivity contribution in [3.8, 4) is 0 Å². The molecule has 1 atom stereocenters. The topological polar surface area (TPSA) is 111 Å². The van der Waals surface area contributed by atoms with Gasteiger partial charge in [-0.05, 0) is 48.6 Å². The summed E-state index contributed by atoms with van der Waals surface area (Å²) < 4.78 is 78.1. The van der Waals surface area contributed by atoms with E-state index >= 15 is 17.7 Å². The normalized spacial score (nSPS) is 18.5. The average molecular weight is 822 g/mol. The zero-order chi connectivity index (χ0) is 40.1. The Morgan fingerprint density at radius 1 is 0.860 bits per heavy atom. The van der Waals surface area contributed by atoms with E-state index in [0.29, 0.717) is 24.4 Å². The molecule has 1 amide bonds. The van der Waals surface area contributed by atoms with E-state index < -0.39 is 53.2 Å². The van der Waals surface area contributed by atoms with E-state index in [2.05, 4.69) is 14.8 Å². The van der Waals surface area contributed by atoms with Crippen molar-refractivity contribution in [2.45, 2.75) is 38.5 Å². The van der Waals surface area contributed by atoms with Crippen molar-refractivity contribution in [1.29, 1.82) is 0 Å². The van der Waals surface area contributed by atoms with Crippen LogP contribution >= 0.6 is 18.7 Å². The highest BCUT2D eigenvalue weighted by Crippen LogP contribution is 2.62. The molecule has 3 aliphatic heterocycles. The molecule has 57 heavy (non-hydrogen) atoms. The zero-order valence-corrected chi connectivity index (χ0v) is 33.1. The number of fused-ring (bicyclic) bond motifs is 2. The van der Waals surface area contributed by atoms with Gasteiger partial charge in [-0.2, -0.15) is 0 Å². The summed E-state index contributed by atoms with van der Waals surface area (Å²) in [5.74, 6) is -8.36. The van der Waals surface area contributed by atoms with E-state index in [1.165, 1.54) is 0 Å². The molecule has 0 saturated carbocycles. The van der Waals surface area contributed by atoms with E-state index in [1.807, 2.05) is 0 Å². The van der Waals surface area contributed by atoms with Crippen LogP contribution in [0.3, 0.4) is 0 Å². The number of carbonyl (C=O) groups excluding carboxylic acids is 2. The first kappa shape index (κ1) is 40.7. The van der Waals surface area contributed by atoms with Crippen molar-refractivity contribution in [1.82, 2.24) is 5.32 Å². The first-order valence-electron chi connectivity index (χ1n) is 19.4. The number of benzene rings is 3. The number of carboxylic acids is 1. The molecule has 3 aromatic carbocycles. The van der Waals surface area contributed by atoms with Crippen LogP contribution in [0.2, 0.25) is 0 Å². The predicted molar refractivity (Wildman–Crippen MR) is 213 cm³/mol. The largest absolute Gasteiger partial charge is 0.545 e. The Morgan fingerprint density at radius 3 is 2.25 bits per heavy atom. The number of hydrogen-bond acceptors (Lipinski definition) is 7. The Balaban J connectivity index is 1.28. The fourth-order valence-corrected chi connectivity index (χ4v) is 10.8. The first-order valence-corrected chi connectivity index (χ1v) is 21.6. The fraction of sp³-hybridized carbons (Fsp3) is 0.372. The lowest BCUT2D eigenvalue weighted by Crippen LogP contribution is -2.38. The summed E-state index contributed by atoms with van der Waals surface area (Å²) in [5.41, 5.74) is -1.84. The van der Waals surface area contributed by atoms with Crippen molar-refractivity contribution in [3.63, 3.8) is 0 Å². The Bertz CT molecular complexity index is 2230. The van der Waals surface area contributed by atoms with Crippen LogP contribution in [-0.2, 0) is 14.0 Å². The molecule has 3 heterocycles. The molecule has 9 nitrogen and oxygen atoms in total. The molecule has 4 aliphatic rings. The highest BCUT2D eigenvalue weighted by atomic mass is 35.5. The molecule has 1 aliphatic carbocycles. The molecule has 0 spiro atoms. The molecule has 14 heteroatoms. The minimum atomic E-state index is -3.79. The van der Waals surface area contributed by atoms with Crippen molar-refractivity contribution >= 4 is 58.2 Å². The second-order valence-electron chi connectivity index (χ2n) is 14.3. The van der Waals surface area contributed by atoms with Gasteiger partial charge in [0.25, 0.3) is 5.91 Å². The predicted octanol–water partition coefficient (Wildman–Crippen LogP) is 5.68. The van der Waals surface area contributed by atoms with Gasteiger partial charge >= 0.3 is 0 Å². The second kappa shape index (κ2) is 18.0. The number of alkyl halides is 1. The first-order chi connectivity index (χ1) is 27.7. The number of halogens is 4. The summed E-state index contributed by atoms with van der Waals surface area (Å²) in [5, 5.41) is 16.2. The van der Waals surface area contributed by atoms with E-state index in [4.69, 9.17) is 21.1 Å². The zero-order valence-electron chi connectivity index (χ0n) is 31.5. The van der Waals surface area contributed by atoms with Crippen LogP contribution in [0.1, 0.15) is 70.4 Å². The number of hydrogen-bond donors (Lipinski definition) is 1. The average Bonchev–Trinajstić information content (AvgIpc) is 3.16. The quantitative estimate of drug-likeness (QED) is 0.0614. The molecule has 3 aromatic rings. The van der Waals surface area contributed by atoms with Gasteiger partial charge in [0.2, 0.25) is 5.71 Å².